The van der Waals surface area contributed by atoms with Crippen molar-refractivity contribution in [2.24, 2.45) is 17.6 Å². The first-order chi connectivity index (χ1) is 10.3. The molecule has 1 aliphatic heterocycles. The van der Waals surface area contributed by atoms with Crippen LogP contribution < -0.4 is 5.73 Å². The molecule has 1 aromatic rings. The maximum absolute atomic E-state index is 6.19. The molecule has 0 amide bonds. The average molecular weight is 286 g/mol. The number of benzene rings is 1. The van der Waals surface area contributed by atoms with Gasteiger partial charge < -0.3 is 5.73 Å². The van der Waals surface area contributed by atoms with Gasteiger partial charge >= 0.3 is 0 Å². The topological polar surface area (TPSA) is 29.3 Å². The molecule has 3 rings (SSSR count). The van der Waals surface area contributed by atoms with Gasteiger partial charge in [-0.05, 0) is 48.8 Å². The summed E-state index contributed by atoms with van der Waals surface area (Å²) < 4.78 is 0. The molecule has 1 saturated carbocycles. The zero-order valence-corrected chi connectivity index (χ0v) is 13.4. The predicted molar refractivity (Wildman–Crippen MR) is 89.3 cm³/mol. The summed E-state index contributed by atoms with van der Waals surface area (Å²) in [4.78, 5) is 2.68. The Kier molecular flexibility index (Phi) is 4.97. The molecule has 1 heterocycles. The number of hydrogen-bond acceptors (Lipinski definition) is 2. The third kappa shape index (κ3) is 3.17. The van der Waals surface area contributed by atoms with Crippen molar-refractivity contribution in [1.29, 1.82) is 0 Å². The second-order valence-electron chi connectivity index (χ2n) is 6.89. The number of piperidine rings is 1. The standard InChI is InChI=1S/C19H30N2/c1-2-15-7-5-6-10-18(15)19(13-20)21-12-11-16-8-3-4-9-17(16)14-21/h5-7,10,16-17,19H,2-4,8-9,11-14,20H2,1H3. The second-order valence-corrected chi connectivity index (χ2v) is 6.89. The monoisotopic (exact) mass is 286 g/mol. The molecule has 2 aliphatic rings. The van der Waals surface area contributed by atoms with Crippen molar-refractivity contribution in [3.05, 3.63) is 35.4 Å². The lowest BCUT2D eigenvalue weighted by atomic mass is 9.74. The Morgan fingerprint density at radius 1 is 1.14 bits per heavy atom. The van der Waals surface area contributed by atoms with Crippen LogP contribution in [0.3, 0.4) is 0 Å². The molecule has 3 atom stereocenters. The van der Waals surface area contributed by atoms with E-state index in [1.165, 1.54) is 56.3 Å². The molecule has 0 radical (unpaired) electrons. The summed E-state index contributed by atoms with van der Waals surface area (Å²) in [6.45, 7) is 5.50. The molecule has 1 saturated heterocycles. The van der Waals surface area contributed by atoms with E-state index in [0.29, 0.717) is 6.04 Å². The van der Waals surface area contributed by atoms with Gasteiger partial charge in [-0.3, -0.25) is 4.90 Å². The lowest BCUT2D eigenvalue weighted by Gasteiger charge is -2.44. The molecule has 0 spiro atoms. The van der Waals surface area contributed by atoms with Crippen LogP contribution in [-0.2, 0) is 6.42 Å². The van der Waals surface area contributed by atoms with E-state index in [1.807, 2.05) is 0 Å². The van der Waals surface area contributed by atoms with E-state index in [4.69, 9.17) is 5.73 Å². The Morgan fingerprint density at radius 2 is 1.90 bits per heavy atom. The third-order valence-electron chi connectivity index (χ3n) is 5.78. The summed E-state index contributed by atoms with van der Waals surface area (Å²) in [6, 6.07) is 9.31. The van der Waals surface area contributed by atoms with Gasteiger partial charge in [0, 0.05) is 19.1 Å². The molecule has 2 nitrogen and oxygen atoms in total. The number of likely N-dealkylation sites (tertiary alicyclic amines) is 1. The Labute approximate surface area is 129 Å². The molecule has 2 N–H and O–H groups in total. The second kappa shape index (κ2) is 6.93. The van der Waals surface area contributed by atoms with Gasteiger partial charge in [0.1, 0.15) is 0 Å². The van der Waals surface area contributed by atoms with Crippen LogP contribution >= 0.6 is 0 Å². The van der Waals surface area contributed by atoms with Crippen LogP contribution in [0.15, 0.2) is 24.3 Å². The Hall–Kier alpha value is -0.860. The first-order valence-electron chi connectivity index (χ1n) is 8.85. The van der Waals surface area contributed by atoms with Crippen LogP contribution in [0.4, 0.5) is 0 Å². The highest BCUT2D eigenvalue weighted by Crippen LogP contribution is 2.38. The fraction of sp³-hybridized carbons (Fsp3) is 0.684. The minimum Gasteiger partial charge on any atom is -0.329 e. The summed E-state index contributed by atoms with van der Waals surface area (Å²) in [5.74, 6) is 1.92. The van der Waals surface area contributed by atoms with Gasteiger partial charge in [-0.15, -0.1) is 0 Å². The van der Waals surface area contributed by atoms with Gasteiger partial charge in [0.15, 0.2) is 0 Å². The maximum Gasteiger partial charge on any atom is 0.0473 e. The van der Waals surface area contributed by atoms with E-state index in [9.17, 15) is 0 Å². The highest BCUT2D eigenvalue weighted by Gasteiger charge is 2.34. The fourth-order valence-corrected chi connectivity index (χ4v) is 4.57. The number of nitrogens with zero attached hydrogens (tertiary/aromatic N) is 1. The molecule has 0 aromatic heterocycles. The first-order valence-corrected chi connectivity index (χ1v) is 8.85. The number of rotatable bonds is 4. The van der Waals surface area contributed by atoms with Gasteiger partial charge in [-0.1, -0.05) is 50.5 Å². The Morgan fingerprint density at radius 3 is 2.67 bits per heavy atom. The van der Waals surface area contributed by atoms with Gasteiger partial charge in [0.2, 0.25) is 0 Å². The molecule has 3 unspecified atom stereocenters. The molecule has 2 fully saturated rings. The number of hydrogen-bond donors (Lipinski definition) is 1. The van der Waals surface area contributed by atoms with Crippen LogP contribution in [-0.4, -0.2) is 24.5 Å². The molecule has 0 bridgehead atoms. The van der Waals surface area contributed by atoms with Gasteiger partial charge in [0.05, 0.1) is 0 Å². The van der Waals surface area contributed by atoms with Gasteiger partial charge in [0.25, 0.3) is 0 Å². The summed E-state index contributed by atoms with van der Waals surface area (Å²) in [7, 11) is 0. The zero-order valence-electron chi connectivity index (χ0n) is 13.4. The quantitative estimate of drug-likeness (QED) is 0.913. The number of aryl methyl sites for hydroxylation is 1. The highest BCUT2D eigenvalue weighted by molar-refractivity contribution is 5.30. The minimum absolute atomic E-state index is 0.420. The fourth-order valence-electron chi connectivity index (χ4n) is 4.57. The highest BCUT2D eigenvalue weighted by atomic mass is 15.2. The average Bonchev–Trinajstić information content (AvgIpc) is 2.56. The van der Waals surface area contributed by atoms with Crippen molar-refractivity contribution < 1.29 is 0 Å². The lowest BCUT2D eigenvalue weighted by Crippen LogP contribution is -2.45. The van der Waals surface area contributed by atoms with Crippen molar-refractivity contribution in [2.75, 3.05) is 19.6 Å². The molecule has 116 valence electrons. The van der Waals surface area contributed by atoms with Crippen molar-refractivity contribution in [2.45, 2.75) is 51.5 Å². The number of nitrogens with two attached hydrogens (primary N) is 1. The molecular weight excluding hydrogens is 256 g/mol. The van der Waals surface area contributed by atoms with Crippen molar-refractivity contribution in [1.82, 2.24) is 4.90 Å². The molecule has 21 heavy (non-hydrogen) atoms. The van der Waals surface area contributed by atoms with Crippen LogP contribution in [0.25, 0.3) is 0 Å². The summed E-state index contributed by atoms with van der Waals surface area (Å²) >= 11 is 0. The van der Waals surface area contributed by atoms with E-state index in [-0.39, 0.29) is 0 Å². The molecule has 1 aliphatic carbocycles. The zero-order chi connectivity index (χ0) is 14.7. The number of fused-ring (bicyclic) bond motifs is 1. The normalized spacial score (nSPS) is 28.1. The Bertz CT molecular complexity index is 457. The minimum atomic E-state index is 0.420. The van der Waals surface area contributed by atoms with E-state index in [2.05, 4.69) is 36.1 Å². The van der Waals surface area contributed by atoms with E-state index in [1.54, 1.807) is 0 Å². The predicted octanol–water partition coefficient (Wildman–Crippen LogP) is 3.76. The Balaban J connectivity index is 1.77. The lowest BCUT2D eigenvalue weighted by molar-refractivity contribution is 0.0584. The summed E-state index contributed by atoms with van der Waals surface area (Å²) in [5, 5.41) is 0. The van der Waals surface area contributed by atoms with E-state index < -0.39 is 0 Å². The van der Waals surface area contributed by atoms with Crippen LogP contribution in [0.1, 0.15) is 56.2 Å². The van der Waals surface area contributed by atoms with E-state index in [0.717, 1.165) is 24.8 Å². The molecular formula is C19H30N2. The third-order valence-corrected chi connectivity index (χ3v) is 5.78. The van der Waals surface area contributed by atoms with Gasteiger partial charge in [-0.25, -0.2) is 0 Å². The van der Waals surface area contributed by atoms with Gasteiger partial charge in [-0.2, -0.15) is 0 Å². The molecule has 1 aromatic carbocycles. The summed E-state index contributed by atoms with van der Waals surface area (Å²) in [6.07, 6.45) is 8.29. The van der Waals surface area contributed by atoms with Crippen molar-refractivity contribution in [3.63, 3.8) is 0 Å². The molecule has 2 heteroatoms. The van der Waals surface area contributed by atoms with Crippen LogP contribution in [0.5, 0.6) is 0 Å². The van der Waals surface area contributed by atoms with Crippen molar-refractivity contribution >= 4 is 0 Å². The SMILES string of the molecule is CCc1ccccc1C(CN)N1CCC2CCCCC2C1. The summed E-state index contributed by atoms with van der Waals surface area (Å²) in [5.41, 5.74) is 9.13. The van der Waals surface area contributed by atoms with Crippen LogP contribution in [0, 0.1) is 11.8 Å². The maximum atomic E-state index is 6.19. The van der Waals surface area contributed by atoms with E-state index >= 15 is 0 Å². The smallest absolute Gasteiger partial charge is 0.0473 e. The van der Waals surface area contributed by atoms with Crippen LogP contribution in [0.2, 0.25) is 0 Å². The largest absolute Gasteiger partial charge is 0.329 e. The van der Waals surface area contributed by atoms with Crippen molar-refractivity contribution in [3.8, 4) is 0 Å². The first kappa shape index (κ1) is 15.1.